The van der Waals surface area contributed by atoms with E-state index in [1.807, 2.05) is 38.1 Å². The number of hydrazone groups is 1. The molecular formula is C12H17N3OS. The molecule has 1 rings (SSSR count). The number of hydrogen-bond acceptors (Lipinski definition) is 3. The van der Waals surface area contributed by atoms with Crippen LogP contribution in [0.4, 0.5) is 0 Å². The molecule has 0 fully saturated rings. The molecule has 0 atom stereocenters. The predicted molar refractivity (Wildman–Crippen MR) is 74.4 cm³/mol. The minimum Gasteiger partial charge on any atom is -0.494 e. The van der Waals surface area contributed by atoms with Gasteiger partial charge in [-0.3, -0.25) is 5.43 Å². The Labute approximate surface area is 107 Å². The summed E-state index contributed by atoms with van der Waals surface area (Å²) in [7, 11) is 0. The van der Waals surface area contributed by atoms with E-state index in [4.69, 9.17) is 17.0 Å². The van der Waals surface area contributed by atoms with Crippen LogP contribution in [0, 0.1) is 0 Å². The number of ether oxygens (including phenoxy) is 1. The van der Waals surface area contributed by atoms with Gasteiger partial charge in [-0.1, -0.05) is 12.1 Å². The molecule has 5 heteroatoms. The maximum absolute atomic E-state index is 5.36. The fraction of sp³-hybridized carbons (Fsp3) is 0.333. The number of nitrogens with zero attached hydrogens (tertiary/aromatic N) is 1. The van der Waals surface area contributed by atoms with E-state index in [0.717, 1.165) is 11.3 Å². The van der Waals surface area contributed by atoms with Gasteiger partial charge < -0.3 is 10.1 Å². The lowest BCUT2D eigenvalue weighted by Gasteiger charge is -2.08. The molecule has 4 nitrogen and oxygen atoms in total. The lowest BCUT2D eigenvalue weighted by Crippen LogP contribution is -2.31. The Bertz CT molecular complexity index is 376. The summed E-state index contributed by atoms with van der Waals surface area (Å²) in [5, 5.41) is 7.39. The maximum Gasteiger partial charge on any atom is 0.187 e. The zero-order valence-corrected chi connectivity index (χ0v) is 10.9. The van der Waals surface area contributed by atoms with Crippen molar-refractivity contribution in [2.45, 2.75) is 20.4 Å². The van der Waals surface area contributed by atoms with Gasteiger partial charge in [0.1, 0.15) is 5.75 Å². The Morgan fingerprint density at radius 1 is 1.41 bits per heavy atom. The summed E-state index contributed by atoms with van der Waals surface area (Å²) in [6, 6.07) is 7.90. The average Bonchev–Trinajstić information content (AvgIpc) is 2.36. The summed E-state index contributed by atoms with van der Waals surface area (Å²) in [4.78, 5) is 0. The van der Waals surface area contributed by atoms with Crippen molar-refractivity contribution in [2.75, 3.05) is 6.61 Å². The fourth-order valence-electron chi connectivity index (χ4n) is 1.22. The largest absolute Gasteiger partial charge is 0.494 e. The summed E-state index contributed by atoms with van der Waals surface area (Å²) >= 11 is 5.03. The molecule has 0 saturated carbocycles. The van der Waals surface area contributed by atoms with Crippen molar-refractivity contribution >= 4 is 23.5 Å². The highest BCUT2D eigenvalue weighted by molar-refractivity contribution is 7.80. The molecule has 0 saturated heterocycles. The Morgan fingerprint density at radius 3 is 2.71 bits per heavy atom. The van der Waals surface area contributed by atoms with Crippen molar-refractivity contribution in [3.8, 4) is 5.75 Å². The summed E-state index contributed by atoms with van der Waals surface area (Å²) in [5.74, 6) is 0.882. The van der Waals surface area contributed by atoms with Crippen molar-refractivity contribution in [1.82, 2.24) is 10.7 Å². The number of benzene rings is 1. The number of hydrogen-bond donors (Lipinski definition) is 2. The van der Waals surface area contributed by atoms with Gasteiger partial charge in [-0.05, 0) is 43.8 Å². The molecule has 0 aliphatic rings. The fourth-order valence-corrected chi connectivity index (χ4v) is 1.34. The maximum atomic E-state index is 5.36. The molecule has 1 aromatic rings. The van der Waals surface area contributed by atoms with Crippen molar-refractivity contribution in [3.05, 3.63) is 29.8 Å². The molecule has 1 aromatic carbocycles. The van der Waals surface area contributed by atoms with Gasteiger partial charge >= 0.3 is 0 Å². The molecule has 0 amide bonds. The second-order valence-corrected chi connectivity index (χ2v) is 3.67. The molecular weight excluding hydrogens is 234 g/mol. The molecule has 17 heavy (non-hydrogen) atoms. The number of thiocarbonyl (C=S) groups is 1. The first-order valence-electron chi connectivity index (χ1n) is 5.49. The quantitative estimate of drug-likeness (QED) is 0.478. The molecule has 0 aliphatic heterocycles. The van der Waals surface area contributed by atoms with Crippen LogP contribution in [0.25, 0.3) is 0 Å². The van der Waals surface area contributed by atoms with Gasteiger partial charge in [-0.2, -0.15) is 5.10 Å². The van der Waals surface area contributed by atoms with Crippen LogP contribution in [0.1, 0.15) is 19.4 Å². The van der Waals surface area contributed by atoms with Gasteiger partial charge in [0.2, 0.25) is 0 Å². The Kier molecular flexibility index (Phi) is 6.03. The highest BCUT2D eigenvalue weighted by atomic mass is 32.1. The van der Waals surface area contributed by atoms with Crippen LogP contribution in [0.15, 0.2) is 29.4 Å². The zero-order chi connectivity index (χ0) is 12.5. The Balaban J connectivity index is 2.38. The van der Waals surface area contributed by atoms with Gasteiger partial charge in [0.05, 0.1) is 6.61 Å². The van der Waals surface area contributed by atoms with Crippen LogP contribution >= 0.6 is 12.2 Å². The second kappa shape index (κ2) is 7.62. The van der Waals surface area contributed by atoms with Gasteiger partial charge in [-0.25, -0.2) is 0 Å². The summed E-state index contributed by atoms with van der Waals surface area (Å²) in [6.45, 7) is 5.13. The highest BCUT2D eigenvalue weighted by Crippen LogP contribution is 2.11. The third-order valence-electron chi connectivity index (χ3n) is 1.98. The van der Waals surface area contributed by atoms with Crippen molar-refractivity contribution in [1.29, 1.82) is 0 Å². The van der Waals surface area contributed by atoms with Gasteiger partial charge in [-0.15, -0.1) is 0 Å². The second-order valence-electron chi connectivity index (χ2n) is 3.26. The smallest absolute Gasteiger partial charge is 0.187 e. The van der Waals surface area contributed by atoms with E-state index in [0.29, 0.717) is 18.3 Å². The molecule has 0 bridgehead atoms. The zero-order valence-electron chi connectivity index (χ0n) is 10.1. The van der Waals surface area contributed by atoms with Crippen LogP contribution in [0.2, 0.25) is 0 Å². The van der Waals surface area contributed by atoms with Gasteiger partial charge in [0, 0.05) is 12.8 Å². The third kappa shape index (κ3) is 5.31. The molecule has 0 aromatic heterocycles. The number of rotatable bonds is 5. The van der Waals surface area contributed by atoms with Crippen molar-refractivity contribution in [3.63, 3.8) is 0 Å². The Morgan fingerprint density at radius 2 is 2.12 bits per heavy atom. The highest BCUT2D eigenvalue weighted by Gasteiger charge is 1.96. The SMILES string of the molecule is C/C=N/NC(=S)NCc1ccc(OCC)cc1. The molecule has 0 heterocycles. The predicted octanol–water partition coefficient (Wildman–Crippen LogP) is 2.06. The van der Waals surface area contributed by atoms with E-state index < -0.39 is 0 Å². The first-order chi connectivity index (χ1) is 8.26. The minimum atomic E-state index is 0.511. The molecule has 0 radical (unpaired) electrons. The normalized spacial score (nSPS) is 10.2. The van der Waals surface area contributed by atoms with Crippen LogP contribution in [-0.4, -0.2) is 17.9 Å². The van der Waals surface area contributed by atoms with E-state index in [2.05, 4.69) is 15.8 Å². The van der Waals surface area contributed by atoms with E-state index in [-0.39, 0.29) is 0 Å². The minimum absolute atomic E-state index is 0.511. The standard InChI is InChI=1S/C12H17N3OS/c1-3-14-15-12(17)13-9-10-5-7-11(8-6-10)16-4-2/h3,5-8H,4,9H2,1-2H3,(H2,13,15,17)/b14-3+. The Hall–Kier alpha value is -1.62. The number of nitrogens with one attached hydrogen (secondary N) is 2. The van der Waals surface area contributed by atoms with Crippen LogP contribution < -0.4 is 15.5 Å². The van der Waals surface area contributed by atoms with E-state index >= 15 is 0 Å². The van der Waals surface area contributed by atoms with Crippen molar-refractivity contribution < 1.29 is 4.74 Å². The van der Waals surface area contributed by atoms with Crippen molar-refractivity contribution in [2.24, 2.45) is 5.10 Å². The van der Waals surface area contributed by atoms with Crippen LogP contribution in [0.5, 0.6) is 5.75 Å². The molecule has 0 aliphatic carbocycles. The van der Waals surface area contributed by atoms with E-state index in [1.165, 1.54) is 0 Å². The average molecular weight is 251 g/mol. The lowest BCUT2D eigenvalue weighted by atomic mass is 10.2. The van der Waals surface area contributed by atoms with Crippen LogP contribution in [-0.2, 0) is 6.54 Å². The molecule has 0 spiro atoms. The topological polar surface area (TPSA) is 45.7 Å². The van der Waals surface area contributed by atoms with E-state index in [9.17, 15) is 0 Å². The van der Waals surface area contributed by atoms with Crippen LogP contribution in [0.3, 0.4) is 0 Å². The molecule has 2 N–H and O–H groups in total. The lowest BCUT2D eigenvalue weighted by molar-refractivity contribution is 0.340. The van der Waals surface area contributed by atoms with E-state index in [1.54, 1.807) is 6.21 Å². The summed E-state index contributed by atoms with van der Waals surface area (Å²) < 4.78 is 5.36. The molecule has 92 valence electrons. The monoisotopic (exact) mass is 251 g/mol. The first kappa shape index (κ1) is 13.4. The molecule has 0 unspecified atom stereocenters. The van der Waals surface area contributed by atoms with Gasteiger partial charge in [0.15, 0.2) is 5.11 Å². The third-order valence-corrected chi connectivity index (χ3v) is 2.22. The first-order valence-corrected chi connectivity index (χ1v) is 5.90. The summed E-state index contributed by atoms with van der Waals surface area (Å²) in [6.07, 6.45) is 1.64. The van der Waals surface area contributed by atoms with Gasteiger partial charge in [0.25, 0.3) is 0 Å². The summed E-state index contributed by atoms with van der Waals surface area (Å²) in [5.41, 5.74) is 3.84.